The molecule has 1 heterocycles. The number of halogens is 1. The summed E-state index contributed by atoms with van der Waals surface area (Å²) in [7, 11) is 5.51. The van der Waals surface area contributed by atoms with E-state index in [9.17, 15) is 4.79 Å². The van der Waals surface area contributed by atoms with Gasteiger partial charge in [0.25, 0.3) is 0 Å². The fraction of sp³-hybridized carbons (Fsp3) is 0.348. The van der Waals surface area contributed by atoms with Gasteiger partial charge in [0.05, 0.1) is 18.5 Å². The molecular weight excluding hydrogens is 400 g/mol. The van der Waals surface area contributed by atoms with E-state index < -0.39 is 0 Å². The number of rotatable bonds is 9. The number of anilines is 1. The number of methoxy groups -OCH3 is 1. The molecule has 0 bridgehead atoms. The number of ether oxygens (including phenoxy) is 1. The quantitative estimate of drug-likeness (QED) is 0.520. The number of hydrogen-bond acceptors (Lipinski definition) is 4. The minimum Gasteiger partial charge on any atom is -0.490 e. The van der Waals surface area contributed by atoms with E-state index >= 15 is 0 Å². The van der Waals surface area contributed by atoms with E-state index in [0.717, 1.165) is 41.7 Å². The molecule has 7 heteroatoms. The third-order valence-corrected chi connectivity index (χ3v) is 5.60. The van der Waals surface area contributed by atoms with Gasteiger partial charge in [0, 0.05) is 44.4 Å². The second-order valence-corrected chi connectivity index (χ2v) is 7.66. The van der Waals surface area contributed by atoms with Gasteiger partial charge in [-0.15, -0.1) is 0 Å². The van der Waals surface area contributed by atoms with Crippen LogP contribution in [-0.2, 0) is 13.6 Å². The molecule has 1 aromatic heterocycles. The average Bonchev–Trinajstić information content (AvgIpc) is 2.99. The molecule has 3 rings (SSSR count). The lowest BCUT2D eigenvalue weighted by Crippen LogP contribution is -2.33. The third-order valence-electron chi connectivity index (χ3n) is 5.37. The number of nitrogens with zero attached hydrogens (tertiary/aromatic N) is 4. The summed E-state index contributed by atoms with van der Waals surface area (Å²) in [6.07, 6.45) is 0. The smallest absolute Gasteiger partial charge is 0.314 e. The number of aromatic nitrogens is 2. The van der Waals surface area contributed by atoms with Crippen LogP contribution in [0.1, 0.15) is 12.6 Å². The zero-order chi connectivity index (χ0) is 21.7. The fourth-order valence-electron chi connectivity index (χ4n) is 3.56. The van der Waals surface area contributed by atoms with Gasteiger partial charge in [-0.05, 0) is 36.9 Å². The standard InChI is InChI=1S/C23H29ClN4O2/c1-5-27(15-14-25(2)20-13-9-10-18(24)16-20)17-21-22(30-4)23(29)28(26(21)3)19-11-7-6-8-12-19/h6-13,16H,5,14-15,17H2,1-4H3. The SMILES string of the molecule is CCN(CCN(C)c1cccc(Cl)c1)Cc1c(OC)c(=O)n(-c2ccccc2)n1C. The molecule has 6 nitrogen and oxygen atoms in total. The van der Waals surface area contributed by atoms with Crippen molar-refractivity contribution < 1.29 is 4.74 Å². The summed E-state index contributed by atoms with van der Waals surface area (Å²) < 4.78 is 9.05. The second kappa shape index (κ2) is 9.87. The highest BCUT2D eigenvalue weighted by Gasteiger charge is 2.21. The molecule has 0 unspecified atom stereocenters. The van der Waals surface area contributed by atoms with Crippen LogP contribution in [0.4, 0.5) is 5.69 Å². The number of benzene rings is 2. The highest BCUT2D eigenvalue weighted by atomic mass is 35.5. The average molecular weight is 429 g/mol. The predicted molar refractivity (Wildman–Crippen MR) is 123 cm³/mol. The Morgan fingerprint density at radius 2 is 1.80 bits per heavy atom. The van der Waals surface area contributed by atoms with Crippen molar-refractivity contribution in [2.24, 2.45) is 7.05 Å². The summed E-state index contributed by atoms with van der Waals surface area (Å²) >= 11 is 6.12. The van der Waals surface area contributed by atoms with Gasteiger partial charge in [-0.25, -0.2) is 4.68 Å². The molecule has 0 saturated carbocycles. The number of para-hydroxylation sites is 1. The molecule has 160 valence electrons. The molecule has 0 N–H and O–H groups in total. The van der Waals surface area contributed by atoms with Crippen molar-refractivity contribution >= 4 is 17.3 Å². The zero-order valence-corrected chi connectivity index (χ0v) is 18.8. The molecule has 3 aromatic rings. The molecule has 0 aliphatic heterocycles. The van der Waals surface area contributed by atoms with Crippen LogP contribution in [-0.4, -0.2) is 48.1 Å². The molecule has 30 heavy (non-hydrogen) atoms. The minimum absolute atomic E-state index is 0.145. The highest BCUT2D eigenvalue weighted by molar-refractivity contribution is 6.30. The van der Waals surface area contributed by atoms with E-state index in [2.05, 4.69) is 29.8 Å². The van der Waals surface area contributed by atoms with Gasteiger partial charge in [-0.1, -0.05) is 42.8 Å². The van der Waals surface area contributed by atoms with E-state index in [1.54, 1.807) is 11.8 Å². The topological polar surface area (TPSA) is 42.6 Å². The summed E-state index contributed by atoms with van der Waals surface area (Å²) in [4.78, 5) is 17.5. The largest absolute Gasteiger partial charge is 0.490 e. The Morgan fingerprint density at radius 1 is 1.07 bits per heavy atom. The first-order chi connectivity index (χ1) is 14.5. The lowest BCUT2D eigenvalue weighted by Gasteiger charge is -2.26. The Balaban J connectivity index is 1.79. The van der Waals surface area contributed by atoms with E-state index in [1.807, 2.05) is 60.3 Å². The van der Waals surface area contributed by atoms with Crippen LogP contribution in [0.5, 0.6) is 5.75 Å². The monoisotopic (exact) mass is 428 g/mol. The summed E-state index contributed by atoms with van der Waals surface area (Å²) in [6.45, 7) is 5.28. The van der Waals surface area contributed by atoms with Crippen molar-refractivity contribution in [3.8, 4) is 11.4 Å². The Labute approximate surface area is 182 Å². The second-order valence-electron chi connectivity index (χ2n) is 7.23. The highest BCUT2D eigenvalue weighted by Crippen LogP contribution is 2.20. The Morgan fingerprint density at radius 3 is 2.43 bits per heavy atom. The van der Waals surface area contributed by atoms with Crippen LogP contribution in [0.3, 0.4) is 0 Å². The summed E-state index contributed by atoms with van der Waals surface area (Å²) in [5.41, 5.74) is 2.61. The normalized spacial score (nSPS) is 11.1. The van der Waals surface area contributed by atoms with Crippen LogP contribution in [0.15, 0.2) is 59.4 Å². The number of hydrogen-bond donors (Lipinski definition) is 0. The maximum Gasteiger partial charge on any atom is 0.314 e. The van der Waals surface area contributed by atoms with Crippen LogP contribution >= 0.6 is 11.6 Å². The van der Waals surface area contributed by atoms with Crippen LogP contribution in [0, 0.1) is 0 Å². The van der Waals surface area contributed by atoms with E-state index in [-0.39, 0.29) is 5.56 Å². The van der Waals surface area contributed by atoms with Crippen molar-refractivity contribution in [2.45, 2.75) is 13.5 Å². The molecular formula is C23H29ClN4O2. The van der Waals surface area contributed by atoms with Gasteiger partial charge in [0.1, 0.15) is 0 Å². The van der Waals surface area contributed by atoms with E-state index in [1.165, 1.54) is 0 Å². The summed E-state index contributed by atoms with van der Waals surface area (Å²) in [6, 6.07) is 17.5. The van der Waals surface area contributed by atoms with Crippen molar-refractivity contribution in [1.82, 2.24) is 14.3 Å². The van der Waals surface area contributed by atoms with Gasteiger partial charge in [-0.2, -0.15) is 0 Å². The first-order valence-electron chi connectivity index (χ1n) is 10.1. The van der Waals surface area contributed by atoms with E-state index in [0.29, 0.717) is 12.3 Å². The molecule has 0 aliphatic rings. The fourth-order valence-corrected chi connectivity index (χ4v) is 3.74. The Bertz CT molecular complexity index is 1030. The van der Waals surface area contributed by atoms with Gasteiger partial charge >= 0.3 is 5.56 Å². The first-order valence-corrected chi connectivity index (χ1v) is 10.4. The molecule has 0 saturated heterocycles. The first kappa shape index (κ1) is 22.0. The maximum absolute atomic E-state index is 13.0. The predicted octanol–water partition coefficient (Wildman–Crippen LogP) is 3.80. The van der Waals surface area contributed by atoms with Crippen molar-refractivity contribution in [1.29, 1.82) is 0 Å². The minimum atomic E-state index is -0.145. The van der Waals surface area contributed by atoms with Crippen molar-refractivity contribution in [2.75, 3.05) is 38.7 Å². The Kier molecular flexibility index (Phi) is 7.24. The lowest BCUT2D eigenvalue weighted by molar-refractivity contribution is 0.272. The molecule has 0 fully saturated rings. The zero-order valence-electron chi connectivity index (χ0n) is 18.0. The molecule has 0 radical (unpaired) electrons. The van der Waals surface area contributed by atoms with Gasteiger partial charge in [0.2, 0.25) is 5.75 Å². The maximum atomic E-state index is 13.0. The van der Waals surface area contributed by atoms with Crippen molar-refractivity contribution in [3.05, 3.63) is 75.7 Å². The lowest BCUT2D eigenvalue weighted by atomic mass is 10.3. The van der Waals surface area contributed by atoms with Gasteiger partial charge in [-0.3, -0.25) is 14.4 Å². The van der Waals surface area contributed by atoms with Crippen LogP contribution in [0.25, 0.3) is 5.69 Å². The molecule has 0 spiro atoms. The summed E-state index contributed by atoms with van der Waals surface area (Å²) in [5.74, 6) is 0.392. The van der Waals surface area contributed by atoms with Crippen LogP contribution < -0.4 is 15.2 Å². The van der Waals surface area contributed by atoms with Crippen LogP contribution in [0.2, 0.25) is 5.02 Å². The summed E-state index contributed by atoms with van der Waals surface area (Å²) in [5, 5.41) is 0.730. The number of likely N-dealkylation sites (N-methyl/N-ethyl adjacent to an activating group) is 2. The molecule has 0 amide bonds. The van der Waals surface area contributed by atoms with Gasteiger partial charge in [0.15, 0.2) is 0 Å². The third kappa shape index (κ3) is 4.71. The molecule has 0 aliphatic carbocycles. The van der Waals surface area contributed by atoms with Gasteiger partial charge < -0.3 is 9.64 Å². The van der Waals surface area contributed by atoms with E-state index in [4.69, 9.17) is 16.3 Å². The Hall–Kier alpha value is -2.70. The molecule has 2 aromatic carbocycles. The van der Waals surface area contributed by atoms with Crippen molar-refractivity contribution in [3.63, 3.8) is 0 Å². The molecule has 0 atom stereocenters.